The van der Waals surface area contributed by atoms with Crippen LogP contribution in [0, 0.1) is 5.92 Å². The van der Waals surface area contributed by atoms with Crippen molar-refractivity contribution in [2.24, 2.45) is 5.92 Å². The van der Waals surface area contributed by atoms with Crippen LogP contribution in [0.25, 0.3) is 0 Å². The molecule has 1 unspecified atom stereocenters. The van der Waals surface area contributed by atoms with Crippen LogP contribution in [-0.4, -0.2) is 23.8 Å². The monoisotopic (exact) mass is 182 g/mol. The number of esters is 1. The predicted octanol–water partition coefficient (Wildman–Crippen LogP) is 1.04. The third-order valence-corrected chi connectivity index (χ3v) is 1.90. The standard InChI is InChI=1S/C10H14O3/c1-2-13-10(12)7-9(11)8-5-3-4-6-8/h3-6,8-9,11H,2,7H2,1H3. The fourth-order valence-corrected chi connectivity index (χ4v) is 1.23. The second kappa shape index (κ2) is 4.82. The maximum Gasteiger partial charge on any atom is 0.308 e. The van der Waals surface area contributed by atoms with Crippen molar-refractivity contribution in [2.75, 3.05) is 6.61 Å². The van der Waals surface area contributed by atoms with Gasteiger partial charge in [0.1, 0.15) is 0 Å². The van der Waals surface area contributed by atoms with Gasteiger partial charge < -0.3 is 9.84 Å². The summed E-state index contributed by atoms with van der Waals surface area (Å²) in [5.41, 5.74) is 0. The maximum atomic E-state index is 11.0. The van der Waals surface area contributed by atoms with E-state index >= 15 is 0 Å². The van der Waals surface area contributed by atoms with Gasteiger partial charge in [-0.05, 0) is 6.92 Å². The molecular weight excluding hydrogens is 168 g/mol. The van der Waals surface area contributed by atoms with E-state index in [9.17, 15) is 9.90 Å². The minimum atomic E-state index is -0.658. The average molecular weight is 182 g/mol. The first-order valence-electron chi connectivity index (χ1n) is 4.42. The first-order chi connectivity index (χ1) is 6.24. The van der Waals surface area contributed by atoms with E-state index in [0.717, 1.165) is 0 Å². The predicted molar refractivity (Wildman–Crippen MR) is 49.0 cm³/mol. The van der Waals surface area contributed by atoms with Crippen LogP contribution in [0.5, 0.6) is 0 Å². The Morgan fingerprint density at radius 1 is 1.54 bits per heavy atom. The molecule has 0 aromatic rings. The van der Waals surface area contributed by atoms with Crippen LogP contribution in [0.15, 0.2) is 24.3 Å². The van der Waals surface area contributed by atoms with Crippen molar-refractivity contribution in [3.63, 3.8) is 0 Å². The highest BCUT2D eigenvalue weighted by Gasteiger charge is 2.19. The molecular formula is C10H14O3. The van der Waals surface area contributed by atoms with Crippen molar-refractivity contribution >= 4 is 5.97 Å². The Balaban J connectivity index is 2.32. The zero-order chi connectivity index (χ0) is 9.68. The van der Waals surface area contributed by atoms with Gasteiger partial charge in [-0.3, -0.25) is 4.79 Å². The van der Waals surface area contributed by atoms with E-state index in [2.05, 4.69) is 0 Å². The molecule has 0 amide bonds. The third kappa shape index (κ3) is 3.03. The number of hydrogen-bond acceptors (Lipinski definition) is 3. The Labute approximate surface area is 77.7 Å². The van der Waals surface area contributed by atoms with Gasteiger partial charge in [-0.15, -0.1) is 0 Å². The molecule has 0 bridgehead atoms. The van der Waals surface area contributed by atoms with Crippen LogP contribution in [0.4, 0.5) is 0 Å². The quantitative estimate of drug-likeness (QED) is 0.661. The molecule has 0 heterocycles. The molecule has 72 valence electrons. The first kappa shape index (κ1) is 9.99. The van der Waals surface area contributed by atoms with E-state index in [4.69, 9.17) is 4.74 Å². The molecule has 1 aliphatic rings. The van der Waals surface area contributed by atoms with Crippen molar-refractivity contribution in [3.05, 3.63) is 24.3 Å². The van der Waals surface area contributed by atoms with Crippen LogP contribution in [-0.2, 0) is 9.53 Å². The zero-order valence-corrected chi connectivity index (χ0v) is 7.64. The summed E-state index contributed by atoms with van der Waals surface area (Å²) >= 11 is 0. The van der Waals surface area contributed by atoms with Crippen LogP contribution in [0.1, 0.15) is 13.3 Å². The van der Waals surface area contributed by atoms with Crippen molar-refractivity contribution in [3.8, 4) is 0 Å². The number of aliphatic hydroxyl groups is 1. The topological polar surface area (TPSA) is 46.5 Å². The normalized spacial score (nSPS) is 17.7. The van der Waals surface area contributed by atoms with Gasteiger partial charge in [-0.25, -0.2) is 0 Å². The van der Waals surface area contributed by atoms with E-state index in [1.165, 1.54) is 0 Å². The molecule has 3 heteroatoms. The number of ether oxygens (including phenoxy) is 1. The molecule has 1 N–H and O–H groups in total. The fourth-order valence-electron chi connectivity index (χ4n) is 1.23. The van der Waals surface area contributed by atoms with Gasteiger partial charge in [0.15, 0.2) is 0 Å². The summed E-state index contributed by atoms with van der Waals surface area (Å²) in [7, 11) is 0. The molecule has 0 aromatic heterocycles. The lowest BCUT2D eigenvalue weighted by Gasteiger charge is -2.13. The summed E-state index contributed by atoms with van der Waals surface area (Å²) in [4.78, 5) is 11.0. The highest BCUT2D eigenvalue weighted by atomic mass is 16.5. The molecule has 13 heavy (non-hydrogen) atoms. The molecule has 3 nitrogen and oxygen atoms in total. The molecule has 0 saturated heterocycles. The van der Waals surface area contributed by atoms with Gasteiger partial charge in [0.05, 0.1) is 19.1 Å². The summed E-state index contributed by atoms with van der Waals surface area (Å²) in [6, 6.07) is 0. The van der Waals surface area contributed by atoms with Gasteiger partial charge in [-0.1, -0.05) is 24.3 Å². The first-order valence-corrected chi connectivity index (χ1v) is 4.42. The molecule has 1 rings (SSSR count). The Morgan fingerprint density at radius 2 is 2.15 bits per heavy atom. The smallest absolute Gasteiger partial charge is 0.308 e. The molecule has 0 aliphatic heterocycles. The summed E-state index contributed by atoms with van der Waals surface area (Å²) in [5.74, 6) is -0.381. The van der Waals surface area contributed by atoms with Crippen LogP contribution in [0.3, 0.4) is 0 Å². The van der Waals surface area contributed by atoms with Crippen molar-refractivity contribution < 1.29 is 14.6 Å². The SMILES string of the molecule is CCOC(=O)CC(O)C1C=CC=C1. The summed E-state index contributed by atoms with van der Waals surface area (Å²) < 4.78 is 4.72. The van der Waals surface area contributed by atoms with E-state index in [-0.39, 0.29) is 18.3 Å². The lowest BCUT2D eigenvalue weighted by Crippen LogP contribution is -2.21. The van der Waals surface area contributed by atoms with E-state index < -0.39 is 6.10 Å². The van der Waals surface area contributed by atoms with E-state index in [1.54, 1.807) is 6.92 Å². The van der Waals surface area contributed by atoms with Gasteiger partial charge in [0, 0.05) is 5.92 Å². The van der Waals surface area contributed by atoms with Gasteiger partial charge in [-0.2, -0.15) is 0 Å². The van der Waals surface area contributed by atoms with Gasteiger partial charge >= 0.3 is 5.97 Å². The minimum Gasteiger partial charge on any atom is -0.466 e. The molecule has 0 radical (unpaired) electrons. The maximum absolute atomic E-state index is 11.0. The van der Waals surface area contributed by atoms with Crippen LogP contribution >= 0.6 is 0 Å². The van der Waals surface area contributed by atoms with Crippen LogP contribution in [0.2, 0.25) is 0 Å². The van der Waals surface area contributed by atoms with Crippen LogP contribution < -0.4 is 0 Å². The summed E-state index contributed by atoms with van der Waals surface area (Å²) in [5, 5.41) is 9.54. The van der Waals surface area contributed by atoms with Gasteiger partial charge in [0.25, 0.3) is 0 Å². The Morgan fingerprint density at radius 3 is 2.69 bits per heavy atom. The minimum absolute atomic E-state index is 0.0376. The second-order valence-corrected chi connectivity index (χ2v) is 2.92. The number of carbonyl (C=O) groups is 1. The average Bonchev–Trinajstić information content (AvgIpc) is 2.55. The molecule has 1 atom stereocenters. The Kier molecular flexibility index (Phi) is 3.71. The highest BCUT2D eigenvalue weighted by molar-refractivity contribution is 5.70. The molecule has 0 saturated carbocycles. The van der Waals surface area contributed by atoms with Crippen molar-refractivity contribution in [1.29, 1.82) is 0 Å². The highest BCUT2D eigenvalue weighted by Crippen LogP contribution is 2.16. The Hall–Kier alpha value is -1.09. The Bertz CT molecular complexity index is 218. The molecule has 0 aromatic carbocycles. The number of hydrogen-bond donors (Lipinski definition) is 1. The number of rotatable bonds is 4. The molecule has 1 aliphatic carbocycles. The van der Waals surface area contributed by atoms with Crippen molar-refractivity contribution in [1.82, 2.24) is 0 Å². The largest absolute Gasteiger partial charge is 0.466 e. The van der Waals surface area contributed by atoms with Gasteiger partial charge in [0.2, 0.25) is 0 Å². The lowest BCUT2D eigenvalue weighted by molar-refractivity contribution is -0.145. The van der Waals surface area contributed by atoms with E-state index in [1.807, 2.05) is 24.3 Å². The third-order valence-electron chi connectivity index (χ3n) is 1.90. The van der Waals surface area contributed by atoms with Crippen molar-refractivity contribution in [2.45, 2.75) is 19.4 Å². The number of allylic oxidation sites excluding steroid dienone is 2. The summed E-state index contributed by atoms with van der Waals surface area (Å²) in [6.45, 7) is 2.11. The molecule has 0 fully saturated rings. The number of carbonyl (C=O) groups excluding carboxylic acids is 1. The molecule has 0 spiro atoms. The summed E-state index contributed by atoms with van der Waals surface area (Å²) in [6.07, 6.45) is 6.85. The fraction of sp³-hybridized carbons (Fsp3) is 0.500. The number of aliphatic hydroxyl groups excluding tert-OH is 1. The van der Waals surface area contributed by atoms with E-state index in [0.29, 0.717) is 6.61 Å². The second-order valence-electron chi connectivity index (χ2n) is 2.92. The zero-order valence-electron chi connectivity index (χ0n) is 7.64. The lowest BCUT2D eigenvalue weighted by atomic mass is 10.0.